The van der Waals surface area contributed by atoms with Gasteiger partial charge in [-0.15, -0.1) is 0 Å². The predicted molar refractivity (Wildman–Crippen MR) is 104 cm³/mol. The first kappa shape index (κ1) is 20.1. The van der Waals surface area contributed by atoms with Crippen molar-refractivity contribution in [3.8, 4) is 0 Å². The van der Waals surface area contributed by atoms with E-state index in [0.717, 1.165) is 24.0 Å². The highest BCUT2D eigenvalue weighted by molar-refractivity contribution is 7.89. The molecule has 26 heavy (non-hydrogen) atoms. The highest BCUT2D eigenvalue weighted by Crippen LogP contribution is 2.14. The molecular formula is C20H26N2O3S. The third-order valence-corrected chi connectivity index (χ3v) is 5.53. The Morgan fingerprint density at radius 3 is 2.54 bits per heavy atom. The Bertz CT molecular complexity index is 863. The van der Waals surface area contributed by atoms with E-state index in [-0.39, 0.29) is 17.3 Å². The average molecular weight is 375 g/mol. The number of aryl methyl sites for hydroxylation is 1. The molecule has 0 radical (unpaired) electrons. The Morgan fingerprint density at radius 2 is 1.85 bits per heavy atom. The minimum Gasteiger partial charge on any atom is -0.342 e. The molecule has 1 N–H and O–H groups in total. The standard InChI is InChI=1S/C20H26N2O3S/c1-4-5-12-22(3)20(23)18-10-7-11-19(14-18)26(24,25)21-15-17-9-6-8-16(2)13-17/h6-11,13-14,21H,4-5,12,15H2,1-3H3. The van der Waals surface area contributed by atoms with Crippen LogP contribution >= 0.6 is 0 Å². The molecule has 2 aromatic rings. The van der Waals surface area contributed by atoms with Crippen molar-refractivity contribution in [3.05, 3.63) is 65.2 Å². The van der Waals surface area contributed by atoms with Gasteiger partial charge in [0, 0.05) is 25.7 Å². The van der Waals surface area contributed by atoms with Crippen molar-refractivity contribution in [2.45, 2.75) is 38.1 Å². The molecule has 0 bridgehead atoms. The number of nitrogens with zero attached hydrogens (tertiary/aromatic N) is 1. The second-order valence-electron chi connectivity index (χ2n) is 6.42. The molecule has 0 fully saturated rings. The van der Waals surface area contributed by atoms with E-state index in [0.29, 0.717) is 12.1 Å². The van der Waals surface area contributed by atoms with Gasteiger partial charge in [-0.25, -0.2) is 13.1 Å². The lowest BCUT2D eigenvalue weighted by Gasteiger charge is -2.17. The molecule has 0 saturated heterocycles. The maximum absolute atomic E-state index is 12.6. The van der Waals surface area contributed by atoms with Gasteiger partial charge in [0.1, 0.15) is 0 Å². The van der Waals surface area contributed by atoms with Gasteiger partial charge < -0.3 is 4.90 Å². The van der Waals surface area contributed by atoms with E-state index < -0.39 is 10.0 Å². The molecule has 2 aromatic carbocycles. The number of carbonyl (C=O) groups is 1. The third kappa shape index (κ3) is 5.41. The molecule has 0 spiro atoms. The first-order chi connectivity index (χ1) is 12.3. The average Bonchev–Trinajstić information content (AvgIpc) is 2.64. The molecule has 0 aromatic heterocycles. The maximum atomic E-state index is 12.6. The summed E-state index contributed by atoms with van der Waals surface area (Å²) in [5, 5.41) is 0. The number of carbonyl (C=O) groups excluding carboxylic acids is 1. The molecular weight excluding hydrogens is 348 g/mol. The number of nitrogens with one attached hydrogen (secondary N) is 1. The molecule has 0 aliphatic rings. The van der Waals surface area contributed by atoms with Crippen LogP contribution in [0.4, 0.5) is 0 Å². The van der Waals surface area contributed by atoms with Crippen LogP contribution in [0.2, 0.25) is 0 Å². The summed E-state index contributed by atoms with van der Waals surface area (Å²) >= 11 is 0. The summed E-state index contributed by atoms with van der Waals surface area (Å²) in [4.78, 5) is 14.2. The van der Waals surface area contributed by atoms with Crippen molar-refractivity contribution in [1.82, 2.24) is 9.62 Å². The van der Waals surface area contributed by atoms with Crippen molar-refractivity contribution in [3.63, 3.8) is 0 Å². The number of benzene rings is 2. The molecule has 0 aliphatic heterocycles. The number of rotatable bonds is 8. The zero-order chi connectivity index (χ0) is 19.2. The van der Waals surface area contributed by atoms with Gasteiger partial charge in [0.2, 0.25) is 10.0 Å². The van der Waals surface area contributed by atoms with Crippen LogP contribution in [-0.2, 0) is 16.6 Å². The normalized spacial score (nSPS) is 11.3. The first-order valence-corrected chi connectivity index (χ1v) is 10.2. The van der Waals surface area contributed by atoms with Gasteiger partial charge in [-0.3, -0.25) is 4.79 Å². The van der Waals surface area contributed by atoms with Crippen LogP contribution in [0.3, 0.4) is 0 Å². The highest BCUT2D eigenvalue weighted by Gasteiger charge is 2.17. The van der Waals surface area contributed by atoms with Gasteiger partial charge in [-0.05, 0) is 37.1 Å². The topological polar surface area (TPSA) is 66.5 Å². The van der Waals surface area contributed by atoms with Crippen molar-refractivity contribution in [2.75, 3.05) is 13.6 Å². The summed E-state index contributed by atoms with van der Waals surface area (Å²) in [6.45, 7) is 4.88. The van der Waals surface area contributed by atoms with Crippen LogP contribution in [-0.4, -0.2) is 32.8 Å². The van der Waals surface area contributed by atoms with Crippen molar-refractivity contribution in [1.29, 1.82) is 0 Å². The monoisotopic (exact) mass is 374 g/mol. The summed E-state index contributed by atoms with van der Waals surface area (Å²) in [5.41, 5.74) is 2.34. The van der Waals surface area contributed by atoms with Gasteiger partial charge in [0.15, 0.2) is 0 Å². The minimum absolute atomic E-state index is 0.0971. The van der Waals surface area contributed by atoms with Gasteiger partial charge in [-0.2, -0.15) is 0 Å². The van der Waals surface area contributed by atoms with Gasteiger partial charge in [0.05, 0.1) is 4.90 Å². The second kappa shape index (κ2) is 8.96. The summed E-state index contributed by atoms with van der Waals surface area (Å²) in [5.74, 6) is -0.172. The lowest BCUT2D eigenvalue weighted by Crippen LogP contribution is -2.28. The fraction of sp³-hybridized carbons (Fsp3) is 0.350. The highest BCUT2D eigenvalue weighted by atomic mass is 32.2. The first-order valence-electron chi connectivity index (χ1n) is 8.74. The maximum Gasteiger partial charge on any atom is 0.253 e. The van der Waals surface area contributed by atoms with Crippen LogP contribution in [0.1, 0.15) is 41.3 Å². The molecule has 0 heterocycles. The minimum atomic E-state index is -3.69. The molecule has 0 atom stereocenters. The molecule has 0 aliphatic carbocycles. The van der Waals surface area contributed by atoms with Crippen LogP contribution < -0.4 is 4.72 Å². The van der Waals surface area contributed by atoms with Crippen molar-refractivity contribution >= 4 is 15.9 Å². The predicted octanol–water partition coefficient (Wildman–Crippen LogP) is 3.35. The van der Waals surface area contributed by atoms with Crippen LogP contribution in [0.5, 0.6) is 0 Å². The van der Waals surface area contributed by atoms with E-state index >= 15 is 0 Å². The van der Waals surface area contributed by atoms with E-state index in [4.69, 9.17) is 0 Å². The fourth-order valence-electron chi connectivity index (χ4n) is 2.60. The number of hydrogen-bond acceptors (Lipinski definition) is 3. The lowest BCUT2D eigenvalue weighted by molar-refractivity contribution is 0.0793. The summed E-state index contributed by atoms with van der Waals surface area (Å²) in [7, 11) is -1.96. The van der Waals surface area contributed by atoms with E-state index in [1.807, 2.05) is 31.2 Å². The zero-order valence-corrected chi connectivity index (χ0v) is 16.3. The Morgan fingerprint density at radius 1 is 1.12 bits per heavy atom. The molecule has 2 rings (SSSR count). The van der Waals surface area contributed by atoms with Crippen LogP contribution in [0.25, 0.3) is 0 Å². The second-order valence-corrected chi connectivity index (χ2v) is 8.19. The summed E-state index contributed by atoms with van der Waals surface area (Å²) in [6, 6.07) is 13.8. The zero-order valence-electron chi connectivity index (χ0n) is 15.5. The van der Waals surface area contributed by atoms with Crippen molar-refractivity contribution in [2.24, 2.45) is 0 Å². The molecule has 5 nitrogen and oxygen atoms in total. The molecule has 0 saturated carbocycles. The smallest absolute Gasteiger partial charge is 0.253 e. The van der Waals surface area contributed by atoms with Crippen molar-refractivity contribution < 1.29 is 13.2 Å². The number of sulfonamides is 1. The Balaban J connectivity index is 2.13. The van der Waals surface area contributed by atoms with Crippen LogP contribution in [0.15, 0.2) is 53.4 Å². The summed E-state index contributed by atoms with van der Waals surface area (Å²) in [6.07, 6.45) is 1.91. The molecule has 6 heteroatoms. The number of hydrogen-bond donors (Lipinski definition) is 1. The fourth-order valence-corrected chi connectivity index (χ4v) is 3.66. The Hall–Kier alpha value is -2.18. The van der Waals surface area contributed by atoms with E-state index in [2.05, 4.69) is 11.6 Å². The molecule has 140 valence electrons. The third-order valence-electron chi connectivity index (χ3n) is 4.13. The molecule has 1 amide bonds. The number of amides is 1. The van der Waals surface area contributed by atoms with E-state index in [1.54, 1.807) is 24.1 Å². The van der Waals surface area contributed by atoms with Crippen LogP contribution in [0, 0.1) is 6.92 Å². The quantitative estimate of drug-likeness (QED) is 0.771. The SMILES string of the molecule is CCCCN(C)C(=O)c1cccc(S(=O)(=O)NCc2cccc(C)c2)c1. The van der Waals surface area contributed by atoms with Gasteiger partial charge in [0.25, 0.3) is 5.91 Å². The van der Waals surface area contributed by atoms with E-state index in [1.165, 1.54) is 12.1 Å². The van der Waals surface area contributed by atoms with E-state index in [9.17, 15) is 13.2 Å². The molecule has 0 unspecified atom stereocenters. The van der Waals surface area contributed by atoms with Gasteiger partial charge >= 0.3 is 0 Å². The lowest BCUT2D eigenvalue weighted by atomic mass is 10.1. The number of unbranched alkanes of at least 4 members (excludes halogenated alkanes) is 1. The largest absolute Gasteiger partial charge is 0.342 e. The Labute approximate surface area is 156 Å². The van der Waals surface area contributed by atoms with Gasteiger partial charge in [-0.1, -0.05) is 49.2 Å². The Kier molecular flexibility index (Phi) is 6.94. The summed E-state index contributed by atoms with van der Waals surface area (Å²) < 4.78 is 27.7.